The van der Waals surface area contributed by atoms with Gasteiger partial charge in [0.05, 0.1) is 0 Å². The van der Waals surface area contributed by atoms with Crippen molar-refractivity contribution in [2.45, 2.75) is 5.33 Å². The first kappa shape index (κ1) is 10.7. The molecular weight excluding hydrogens is 273 g/mol. The highest BCUT2D eigenvalue weighted by Crippen LogP contribution is 2.26. The van der Waals surface area contributed by atoms with Crippen LogP contribution in [0.25, 0.3) is 11.1 Å². The van der Waals surface area contributed by atoms with E-state index < -0.39 is 0 Å². The normalized spacial score (nSPS) is 10.3. The number of nitrogens with zero attached hydrogens (tertiary/aromatic N) is 1. The molecule has 0 unspecified atom stereocenters. The lowest BCUT2D eigenvalue weighted by Crippen LogP contribution is -1.87. The van der Waals surface area contributed by atoms with Crippen molar-refractivity contribution in [1.82, 2.24) is 4.98 Å². The van der Waals surface area contributed by atoms with E-state index in [1.807, 2.05) is 36.5 Å². The van der Waals surface area contributed by atoms with Crippen molar-refractivity contribution in [3.63, 3.8) is 0 Å². The zero-order valence-corrected chi connectivity index (χ0v) is 10.3. The van der Waals surface area contributed by atoms with Crippen LogP contribution in [0.4, 0.5) is 0 Å². The van der Waals surface area contributed by atoms with Gasteiger partial charge >= 0.3 is 0 Å². The standard InChI is InChI=1S/C12H9BrClN/c13-7-10-8-15-5-4-12(10)9-2-1-3-11(14)6-9/h1-6,8H,7H2. The van der Waals surface area contributed by atoms with Gasteiger partial charge in [0.25, 0.3) is 0 Å². The average molecular weight is 283 g/mol. The second-order valence-electron chi connectivity index (χ2n) is 3.18. The number of alkyl halides is 1. The molecule has 3 heteroatoms. The fraction of sp³-hybridized carbons (Fsp3) is 0.0833. The number of hydrogen-bond donors (Lipinski definition) is 0. The summed E-state index contributed by atoms with van der Waals surface area (Å²) < 4.78 is 0. The number of pyridine rings is 1. The summed E-state index contributed by atoms with van der Waals surface area (Å²) >= 11 is 9.41. The zero-order valence-electron chi connectivity index (χ0n) is 7.95. The van der Waals surface area contributed by atoms with E-state index >= 15 is 0 Å². The summed E-state index contributed by atoms with van der Waals surface area (Å²) in [5.74, 6) is 0. The maximum atomic E-state index is 5.96. The van der Waals surface area contributed by atoms with Crippen molar-refractivity contribution in [2.75, 3.05) is 0 Å². The van der Waals surface area contributed by atoms with Crippen LogP contribution >= 0.6 is 27.5 Å². The van der Waals surface area contributed by atoms with Crippen LogP contribution in [0.1, 0.15) is 5.56 Å². The van der Waals surface area contributed by atoms with Gasteiger partial charge in [0.1, 0.15) is 0 Å². The number of rotatable bonds is 2. The molecule has 1 aromatic heterocycles. The average Bonchev–Trinajstić information content (AvgIpc) is 2.29. The van der Waals surface area contributed by atoms with E-state index in [0.717, 1.165) is 15.9 Å². The lowest BCUT2D eigenvalue weighted by molar-refractivity contribution is 1.26. The van der Waals surface area contributed by atoms with Crippen molar-refractivity contribution in [3.05, 3.63) is 53.3 Å². The van der Waals surface area contributed by atoms with E-state index in [0.29, 0.717) is 0 Å². The molecule has 0 bridgehead atoms. The third-order valence-electron chi connectivity index (χ3n) is 2.18. The Bertz CT molecular complexity index is 471. The van der Waals surface area contributed by atoms with Crippen LogP contribution in [-0.2, 0) is 5.33 Å². The van der Waals surface area contributed by atoms with Gasteiger partial charge in [-0.05, 0) is 34.9 Å². The second-order valence-corrected chi connectivity index (χ2v) is 4.17. The van der Waals surface area contributed by atoms with Gasteiger partial charge in [0.15, 0.2) is 0 Å². The van der Waals surface area contributed by atoms with Crippen molar-refractivity contribution < 1.29 is 0 Å². The molecule has 76 valence electrons. The minimum atomic E-state index is 0.754. The molecule has 0 amide bonds. The first-order chi connectivity index (χ1) is 7.31. The number of halogens is 2. The number of hydrogen-bond acceptors (Lipinski definition) is 1. The van der Waals surface area contributed by atoms with Crippen LogP contribution in [0.5, 0.6) is 0 Å². The lowest BCUT2D eigenvalue weighted by Gasteiger charge is -2.06. The molecule has 2 rings (SSSR count). The van der Waals surface area contributed by atoms with Crippen LogP contribution in [0.2, 0.25) is 5.02 Å². The fourth-order valence-electron chi connectivity index (χ4n) is 1.47. The SMILES string of the molecule is Clc1cccc(-c2ccncc2CBr)c1. The Morgan fingerprint density at radius 2 is 2.13 bits per heavy atom. The summed E-state index contributed by atoms with van der Waals surface area (Å²) in [7, 11) is 0. The van der Waals surface area contributed by atoms with Gasteiger partial charge < -0.3 is 0 Å². The third kappa shape index (κ3) is 2.39. The Balaban J connectivity index is 2.53. The van der Waals surface area contributed by atoms with E-state index in [2.05, 4.69) is 20.9 Å². The van der Waals surface area contributed by atoms with Crippen molar-refractivity contribution >= 4 is 27.5 Å². The lowest BCUT2D eigenvalue weighted by atomic mass is 10.0. The van der Waals surface area contributed by atoms with Crippen LogP contribution < -0.4 is 0 Å². The smallest absolute Gasteiger partial charge is 0.0412 e. The molecule has 0 aliphatic heterocycles. The molecule has 1 heterocycles. The van der Waals surface area contributed by atoms with Gasteiger partial charge in [0, 0.05) is 22.7 Å². The van der Waals surface area contributed by atoms with Gasteiger partial charge in [-0.1, -0.05) is 39.7 Å². The third-order valence-corrected chi connectivity index (χ3v) is 3.02. The van der Waals surface area contributed by atoms with Crippen molar-refractivity contribution in [2.24, 2.45) is 0 Å². The Hall–Kier alpha value is -0.860. The minimum absolute atomic E-state index is 0.754. The molecule has 1 aromatic carbocycles. The summed E-state index contributed by atoms with van der Waals surface area (Å²) in [6.07, 6.45) is 3.66. The number of benzene rings is 1. The molecule has 0 spiro atoms. The minimum Gasteiger partial charge on any atom is -0.264 e. The van der Waals surface area contributed by atoms with E-state index in [4.69, 9.17) is 11.6 Å². The number of aromatic nitrogens is 1. The molecule has 0 radical (unpaired) electrons. The molecule has 0 aliphatic carbocycles. The molecule has 0 atom stereocenters. The van der Waals surface area contributed by atoms with Gasteiger partial charge in [-0.2, -0.15) is 0 Å². The summed E-state index contributed by atoms with van der Waals surface area (Å²) in [5.41, 5.74) is 3.46. The highest BCUT2D eigenvalue weighted by Gasteiger charge is 2.03. The highest BCUT2D eigenvalue weighted by molar-refractivity contribution is 9.08. The maximum absolute atomic E-state index is 5.96. The molecule has 0 saturated carbocycles. The maximum Gasteiger partial charge on any atom is 0.0412 e. The van der Waals surface area contributed by atoms with E-state index in [-0.39, 0.29) is 0 Å². The second kappa shape index (κ2) is 4.77. The molecule has 0 aliphatic rings. The molecule has 0 N–H and O–H groups in total. The van der Waals surface area contributed by atoms with Crippen LogP contribution in [0.3, 0.4) is 0 Å². The molecule has 1 nitrogen and oxygen atoms in total. The summed E-state index contributed by atoms with van der Waals surface area (Å²) in [6, 6.07) is 9.84. The summed E-state index contributed by atoms with van der Waals surface area (Å²) in [6.45, 7) is 0. The summed E-state index contributed by atoms with van der Waals surface area (Å²) in [5, 5.41) is 1.55. The van der Waals surface area contributed by atoms with Crippen molar-refractivity contribution in [1.29, 1.82) is 0 Å². The fourth-order valence-corrected chi connectivity index (χ4v) is 2.11. The Morgan fingerprint density at radius 3 is 2.87 bits per heavy atom. The largest absolute Gasteiger partial charge is 0.264 e. The van der Waals surface area contributed by atoms with Gasteiger partial charge in [-0.15, -0.1) is 0 Å². The Kier molecular flexibility index (Phi) is 3.39. The Labute approximate surface area is 102 Å². The van der Waals surface area contributed by atoms with Crippen molar-refractivity contribution in [3.8, 4) is 11.1 Å². The van der Waals surface area contributed by atoms with E-state index in [1.165, 1.54) is 11.1 Å². The monoisotopic (exact) mass is 281 g/mol. The van der Waals surface area contributed by atoms with E-state index in [1.54, 1.807) is 6.20 Å². The first-order valence-corrected chi connectivity index (χ1v) is 6.06. The molecule has 15 heavy (non-hydrogen) atoms. The molecule has 2 aromatic rings. The van der Waals surface area contributed by atoms with Crippen LogP contribution in [-0.4, -0.2) is 4.98 Å². The predicted octanol–water partition coefficient (Wildman–Crippen LogP) is 4.30. The quantitative estimate of drug-likeness (QED) is 0.749. The zero-order chi connectivity index (χ0) is 10.7. The first-order valence-electron chi connectivity index (χ1n) is 4.56. The predicted molar refractivity (Wildman–Crippen MR) is 67.3 cm³/mol. The van der Waals surface area contributed by atoms with Gasteiger partial charge in [0.2, 0.25) is 0 Å². The van der Waals surface area contributed by atoms with Crippen LogP contribution in [0, 0.1) is 0 Å². The van der Waals surface area contributed by atoms with Gasteiger partial charge in [-0.3, -0.25) is 4.98 Å². The molecule has 0 saturated heterocycles. The van der Waals surface area contributed by atoms with E-state index in [9.17, 15) is 0 Å². The van der Waals surface area contributed by atoms with Gasteiger partial charge in [-0.25, -0.2) is 0 Å². The van der Waals surface area contributed by atoms with Crippen LogP contribution in [0.15, 0.2) is 42.7 Å². The summed E-state index contributed by atoms with van der Waals surface area (Å²) in [4.78, 5) is 4.10. The Morgan fingerprint density at radius 1 is 1.27 bits per heavy atom. The highest BCUT2D eigenvalue weighted by atomic mass is 79.9. The molecular formula is C12H9BrClN. The molecule has 0 fully saturated rings. The topological polar surface area (TPSA) is 12.9 Å².